The molecule has 0 saturated heterocycles. The average molecular weight is 463 g/mol. The summed E-state index contributed by atoms with van der Waals surface area (Å²) in [5, 5.41) is 3.83. The molecule has 1 atom stereocenters. The van der Waals surface area contributed by atoms with Crippen molar-refractivity contribution in [2.45, 2.75) is 30.7 Å². The van der Waals surface area contributed by atoms with Gasteiger partial charge in [0.15, 0.2) is 0 Å². The topological polar surface area (TPSA) is 102 Å². The van der Waals surface area contributed by atoms with Crippen molar-refractivity contribution in [2.75, 3.05) is 26.1 Å². The Balaban J connectivity index is 1.59. The fraction of sp³-hybridized carbons (Fsp3) is 0.333. The van der Waals surface area contributed by atoms with E-state index in [1.165, 1.54) is 30.8 Å². The van der Waals surface area contributed by atoms with Crippen LogP contribution in [-0.4, -0.2) is 44.6 Å². The molecule has 1 heterocycles. The third kappa shape index (κ3) is 6.16. The number of aromatic nitrogens is 2. The summed E-state index contributed by atoms with van der Waals surface area (Å²) >= 11 is 1.25. The minimum atomic E-state index is -3.64. The minimum absolute atomic E-state index is 0.196. The van der Waals surface area contributed by atoms with Crippen molar-refractivity contribution in [2.24, 2.45) is 0 Å². The van der Waals surface area contributed by atoms with Crippen molar-refractivity contribution in [1.29, 1.82) is 0 Å². The first-order valence-electron chi connectivity index (χ1n) is 9.80. The van der Waals surface area contributed by atoms with Crippen molar-refractivity contribution in [3.63, 3.8) is 0 Å². The van der Waals surface area contributed by atoms with Gasteiger partial charge in [0.05, 0.1) is 19.1 Å². The van der Waals surface area contributed by atoms with Gasteiger partial charge in [-0.3, -0.25) is 0 Å². The van der Waals surface area contributed by atoms with Crippen molar-refractivity contribution >= 4 is 26.7 Å². The van der Waals surface area contributed by atoms with Crippen LogP contribution in [0.2, 0.25) is 0 Å². The smallest absolute Gasteiger partial charge is 0.240 e. The summed E-state index contributed by atoms with van der Waals surface area (Å²) < 4.78 is 42.9. The molecule has 31 heavy (non-hydrogen) atoms. The van der Waals surface area contributed by atoms with E-state index in [1.54, 1.807) is 19.2 Å². The standard InChI is InChI=1S/C21H26N4O4S2/c1-4-16(25-31(26,27)18-11-9-17(28-2)10-12-18)14-22-21-23-20(24-30-21)13-15-7-5-6-8-19(15)29-3/h5-12,16,25H,4,13-14H2,1-3H3,(H,22,23,24). The predicted octanol–water partition coefficient (Wildman–Crippen LogP) is 3.32. The zero-order valence-electron chi connectivity index (χ0n) is 17.7. The molecule has 0 spiro atoms. The molecule has 0 bridgehead atoms. The van der Waals surface area contributed by atoms with Gasteiger partial charge < -0.3 is 14.8 Å². The second-order valence-electron chi connectivity index (χ2n) is 6.79. The monoisotopic (exact) mass is 462 g/mol. The van der Waals surface area contributed by atoms with Gasteiger partial charge in [-0.25, -0.2) is 18.1 Å². The lowest BCUT2D eigenvalue weighted by Gasteiger charge is -2.17. The lowest BCUT2D eigenvalue weighted by molar-refractivity contribution is 0.410. The van der Waals surface area contributed by atoms with E-state index in [4.69, 9.17) is 9.47 Å². The Morgan fingerprint density at radius 1 is 1.06 bits per heavy atom. The second-order valence-corrected chi connectivity index (χ2v) is 9.25. The Hall–Kier alpha value is -2.69. The number of para-hydroxylation sites is 1. The van der Waals surface area contributed by atoms with E-state index < -0.39 is 10.0 Å². The minimum Gasteiger partial charge on any atom is -0.497 e. The number of rotatable bonds is 11. The Morgan fingerprint density at radius 2 is 1.81 bits per heavy atom. The largest absolute Gasteiger partial charge is 0.497 e. The van der Waals surface area contributed by atoms with Crippen LogP contribution in [0, 0.1) is 0 Å². The third-order valence-corrected chi connectivity index (χ3v) is 6.94. The molecule has 0 saturated carbocycles. The molecular weight excluding hydrogens is 436 g/mol. The molecular formula is C21H26N4O4S2. The number of anilines is 1. The summed E-state index contributed by atoms with van der Waals surface area (Å²) in [4.78, 5) is 4.71. The summed E-state index contributed by atoms with van der Waals surface area (Å²) in [5.41, 5.74) is 1.01. The van der Waals surface area contributed by atoms with Gasteiger partial charge in [0, 0.05) is 36.1 Å². The van der Waals surface area contributed by atoms with Crippen molar-refractivity contribution < 1.29 is 17.9 Å². The Bertz CT molecular complexity index is 1080. The van der Waals surface area contributed by atoms with Crippen molar-refractivity contribution in [1.82, 2.24) is 14.1 Å². The Kier molecular flexibility index (Phi) is 7.83. The van der Waals surface area contributed by atoms with Crippen LogP contribution >= 0.6 is 11.5 Å². The highest BCUT2D eigenvalue weighted by atomic mass is 32.2. The van der Waals surface area contributed by atoms with Gasteiger partial charge in [-0.2, -0.15) is 4.37 Å². The second kappa shape index (κ2) is 10.6. The summed E-state index contributed by atoms with van der Waals surface area (Å²) in [6.07, 6.45) is 1.18. The molecule has 2 aromatic carbocycles. The van der Waals surface area contributed by atoms with E-state index in [1.807, 2.05) is 31.2 Å². The summed E-state index contributed by atoms with van der Waals surface area (Å²) in [6.45, 7) is 2.32. The number of methoxy groups -OCH3 is 2. The van der Waals surface area contributed by atoms with E-state index >= 15 is 0 Å². The third-order valence-electron chi connectivity index (χ3n) is 4.69. The molecule has 0 aliphatic rings. The van der Waals surface area contributed by atoms with Crippen LogP contribution in [0.3, 0.4) is 0 Å². The van der Waals surface area contributed by atoms with Crippen LogP contribution in [0.25, 0.3) is 0 Å². The zero-order valence-corrected chi connectivity index (χ0v) is 19.3. The van der Waals surface area contributed by atoms with E-state index in [2.05, 4.69) is 19.4 Å². The van der Waals surface area contributed by atoms with Crippen LogP contribution in [0.4, 0.5) is 5.13 Å². The summed E-state index contributed by atoms with van der Waals surface area (Å²) in [6, 6.07) is 13.7. The maximum absolute atomic E-state index is 12.7. The fourth-order valence-corrected chi connectivity index (χ4v) is 4.85. The number of nitrogens with zero attached hydrogens (tertiary/aromatic N) is 2. The maximum atomic E-state index is 12.7. The molecule has 2 N–H and O–H groups in total. The SMILES string of the molecule is CCC(CNc1nc(Cc2ccccc2OC)ns1)NS(=O)(=O)c1ccc(OC)cc1. The number of nitrogens with one attached hydrogen (secondary N) is 2. The predicted molar refractivity (Wildman–Crippen MR) is 122 cm³/mol. The maximum Gasteiger partial charge on any atom is 0.240 e. The van der Waals surface area contributed by atoms with E-state index in [0.717, 1.165) is 11.3 Å². The lowest BCUT2D eigenvalue weighted by atomic mass is 10.1. The van der Waals surface area contributed by atoms with Gasteiger partial charge in [0.2, 0.25) is 15.2 Å². The summed E-state index contributed by atoms with van der Waals surface area (Å²) in [5.74, 6) is 2.09. The molecule has 0 aliphatic carbocycles. The number of hydrogen-bond donors (Lipinski definition) is 2. The van der Waals surface area contributed by atoms with E-state index in [9.17, 15) is 8.42 Å². The van der Waals surface area contributed by atoms with Crippen LogP contribution in [0.1, 0.15) is 24.7 Å². The van der Waals surface area contributed by atoms with Gasteiger partial charge in [0.25, 0.3) is 0 Å². The molecule has 0 radical (unpaired) electrons. The molecule has 3 rings (SSSR count). The Labute approximate surface area is 186 Å². The molecule has 1 unspecified atom stereocenters. The van der Waals surface area contributed by atoms with E-state index in [-0.39, 0.29) is 10.9 Å². The quantitative estimate of drug-likeness (QED) is 0.451. The average Bonchev–Trinajstić information content (AvgIpc) is 3.24. The first-order valence-corrected chi connectivity index (χ1v) is 12.1. The molecule has 0 aliphatic heterocycles. The lowest BCUT2D eigenvalue weighted by Crippen LogP contribution is -2.39. The van der Waals surface area contributed by atoms with Crippen molar-refractivity contribution in [3.05, 3.63) is 59.9 Å². The molecule has 10 heteroatoms. The highest BCUT2D eigenvalue weighted by Crippen LogP contribution is 2.22. The first-order chi connectivity index (χ1) is 14.9. The van der Waals surface area contributed by atoms with Crippen LogP contribution in [-0.2, 0) is 16.4 Å². The van der Waals surface area contributed by atoms with Crippen molar-refractivity contribution in [3.8, 4) is 11.5 Å². The van der Waals surface area contributed by atoms with Gasteiger partial charge >= 0.3 is 0 Å². The first kappa shape index (κ1) is 23.0. The number of benzene rings is 2. The van der Waals surface area contributed by atoms with Crippen LogP contribution in [0.15, 0.2) is 53.4 Å². The van der Waals surface area contributed by atoms with Gasteiger partial charge in [-0.05, 0) is 36.8 Å². The number of sulfonamides is 1. The van der Waals surface area contributed by atoms with Crippen LogP contribution < -0.4 is 19.5 Å². The number of ether oxygens (including phenoxy) is 2. The van der Waals surface area contributed by atoms with Gasteiger partial charge in [0.1, 0.15) is 17.3 Å². The number of hydrogen-bond acceptors (Lipinski definition) is 8. The molecule has 8 nitrogen and oxygen atoms in total. The molecule has 1 aromatic heterocycles. The van der Waals surface area contributed by atoms with Gasteiger partial charge in [-0.1, -0.05) is 25.1 Å². The molecule has 3 aromatic rings. The molecule has 0 fully saturated rings. The highest BCUT2D eigenvalue weighted by molar-refractivity contribution is 7.89. The molecule has 166 valence electrons. The molecule has 0 amide bonds. The van der Waals surface area contributed by atoms with Gasteiger partial charge in [-0.15, -0.1) is 0 Å². The zero-order chi connectivity index (χ0) is 22.3. The van der Waals surface area contributed by atoms with Crippen LogP contribution in [0.5, 0.6) is 11.5 Å². The Morgan fingerprint density at radius 3 is 2.48 bits per heavy atom. The fourth-order valence-electron chi connectivity index (χ4n) is 2.94. The summed E-state index contributed by atoms with van der Waals surface area (Å²) in [7, 11) is -0.462. The normalized spacial score (nSPS) is 12.4. The van der Waals surface area contributed by atoms with E-state index in [0.29, 0.717) is 36.1 Å². The highest BCUT2D eigenvalue weighted by Gasteiger charge is 2.19.